The zero-order valence-corrected chi connectivity index (χ0v) is 17.4. The highest BCUT2D eigenvalue weighted by Gasteiger charge is 2.67. The summed E-state index contributed by atoms with van der Waals surface area (Å²) in [5, 5.41) is 3.16. The molecule has 6 rings (SSSR count). The van der Waals surface area contributed by atoms with Crippen molar-refractivity contribution in [2.24, 2.45) is 29.1 Å². The van der Waals surface area contributed by atoms with Gasteiger partial charge < -0.3 is 15.0 Å². The summed E-state index contributed by atoms with van der Waals surface area (Å²) in [6.45, 7) is 2.34. The topological polar surface area (TPSA) is 58.6 Å². The Kier molecular flexibility index (Phi) is 4.22. The lowest BCUT2D eigenvalue weighted by molar-refractivity contribution is -0.134. The zero-order valence-electron chi connectivity index (χ0n) is 17.4. The maximum absolute atomic E-state index is 12.7. The molecule has 4 fully saturated rings. The molecule has 1 spiro atoms. The van der Waals surface area contributed by atoms with E-state index in [9.17, 15) is 9.59 Å². The number of hydrogen-bond donors (Lipinski definition) is 1. The Bertz CT molecular complexity index is 899. The van der Waals surface area contributed by atoms with Gasteiger partial charge in [0, 0.05) is 44.0 Å². The molecule has 4 unspecified atom stereocenters. The molecule has 2 amide bonds. The molecular formula is C25H30N2O3. The second-order valence-electron chi connectivity index (χ2n) is 10.0. The fraction of sp³-hybridized carbons (Fsp3) is 0.600. The molecule has 3 saturated carbocycles. The van der Waals surface area contributed by atoms with E-state index < -0.39 is 0 Å². The average molecular weight is 407 g/mol. The van der Waals surface area contributed by atoms with E-state index in [-0.39, 0.29) is 12.0 Å². The number of hydrogen-bond acceptors (Lipinski definition) is 3. The van der Waals surface area contributed by atoms with Crippen LogP contribution in [-0.2, 0) is 4.79 Å². The summed E-state index contributed by atoms with van der Waals surface area (Å²) in [4.78, 5) is 26.9. The molecule has 0 aromatic heterocycles. The average Bonchev–Trinajstić information content (AvgIpc) is 3.66. The van der Waals surface area contributed by atoms with Crippen LogP contribution in [0.4, 0.5) is 0 Å². The first-order chi connectivity index (χ1) is 14.6. The molecule has 1 aromatic rings. The minimum Gasteiger partial charge on any atom is -0.490 e. The van der Waals surface area contributed by atoms with Crippen LogP contribution in [0.1, 0.15) is 48.9 Å². The van der Waals surface area contributed by atoms with Crippen LogP contribution in [-0.4, -0.2) is 42.5 Å². The number of ether oxygens (including phenoxy) is 1. The SMILES string of the molecule is O=C(NCC1CC2C=CC23CC13)c1cccc(OC2CCN(C(=O)C3CC3)CC2)c1. The first kappa shape index (κ1) is 18.5. The van der Waals surface area contributed by atoms with Gasteiger partial charge in [0.1, 0.15) is 11.9 Å². The van der Waals surface area contributed by atoms with E-state index >= 15 is 0 Å². The quantitative estimate of drug-likeness (QED) is 0.737. The minimum absolute atomic E-state index is 0.00722. The predicted molar refractivity (Wildman–Crippen MR) is 113 cm³/mol. The van der Waals surface area contributed by atoms with Crippen LogP contribution in [0.5, 0.6) is 5.75 Å². The molecule has 5 nitrogen and oxygen atoms in total. The largest absolute Gasteiger partial charge is 0.490 e. The lowest BCUT2D eigenvalue weighted by Gasteiger charge is -2.32. The van der Waals surface area contributed by atoms with E-state index in [1.807, 2.05) is 29.2 Å². The van der Waals surface area contributed by atoms with Crippen molar-refractivity contribution in [3.8, 4) is 5.75 Å². The monoisotopic (exact) mass is 406 g/mol. The number of piperidine rings is 1. The molecule has 1 aliphatic heterocycles. The summed E-state index contributed by atoms with van der Waals surface area (Å²) in [5.74, 6) is 3.55. The number of amides is 2. The Morgan fingerprint density at radius 3 is 2.63 bits per heavy atom. The number of nitrogens with zero attached hydrogens (tertiary/aromatic N) is 1. The molecule has 1 aromatic carbocycles. The van der Waals surface area contributed by atoms with Crippen LogP contribution in [0, 0.1) is 29.1 Å². The van der Waals surface area contributed by atoms with Crippen molar-refractivity contribution in [2.45, 2.75) is 44.6 Å². The van der Waals surface area contributed by atoms with Crippen LogP contribution < -0.4 is 10.1 Å². The summed E-state index contributed by atoms with van der Waals surface area (Å²) in [7, 11) is 0. The smallest absolute Gasteiger partial charge is 0.251 e. The van der Waals surface area contributed by atoms with Gasteiger partial charge in [-0.2, -0.15) is 0 Å². The molecule has 30 heavy (non-hydrogen) atoms. The second-order valence-corrected chi connectivity index (χ2v) is 10.0. The Morgan fingerprint density at radius 1 is 1.17 bits per heavy atom. The van der Waals surface area contributed by atoms with Crippen molar-refractivity contribution in [3.05, 3.63) is 42.0 Å². The number of allylic oxidation sites excluding steroid dienone is 2. The van der Waals surface area contributed by atoms with Crippen LogP contribution in [0.25, 0.3) is 0 Å². The molecular weight excluding hydrogens is 376 g/mol. The predicted octanol–water partition coefficient (Wildman–Crippen LogP) is 3.41. The second kappa shape index (κ2) is 6.86. The van der Waals surface area contributed by atoms with Crippen molar-refractivity contribution in [1.82, 2.24) is 10.2 Å². The van der Waals surface area contributed by atoms with Crippen molar-refractivity contribution in [2.75, 3.05) is 19.6 Å². The third kappa shape index (κ3) is 3.14. The van der Waals surface area contributed by atoms with E-state index in [0.29, 0.717) is 28.7 Å². The van der Waals surface area contributed by atoms with Gasteiger partial charge in [-0.15, -0.1) is 0 Å². The van der Waals surface area contributed by atoms with Gasteiger partial charge in [0.05, 0.1) is 0 Å². The number of likely N-dealkylation sites (tertiary alicyclic amines) is 1. The van der Waals surface area contributed by atoms with Gasteiger partial charge >= 0.3 is 0 Å². The summed E-state index contributed by atoms with van der Waals surface area (Å²) < 4.78 is 6.16. The van der Waals surface area contributed by atoms with Gasteiger partial charge in [0.2, 0.25) is 5.91 Å². The summed E-state index contributed by atoms with van der Waals surface area (Å²) >= 11 is 0. The molecule has 0 bridgehead atoms. The van der Waals surface area contributed by atoms with Gasteiger partial charge in [-0.3, -0.25) is 9.59 Å². The Morgan fingerprint density at radius 2 is 2.00 bits per heavy atom. The number of carbonyl (C=O) groups is 2. The molecule has 158 valence electrons. The molecule has 0 radical (unpaired) electrons. The molecule has 5 heteroatoms. The molecule has 4 aliphatic carbocycles. The summed E-state index contributed by atoms with van der Waals surface area (Å²) in [5.41, 5.74) is 1.19. The normalized spacial score (nSPS) is 34.0. The van der Waals surface area contributed by atoms with Gasteiger partial charge in [-0.1, -0.05) is 18.2 Å². The fourth-order valence-corrected chi connectivity index (χ4v) is 6.05. The highest BCUT2D eigenvalue weighted by molar-refractivity contribution is 5.94. The number of benzene rings is 1. The first-order valence-electron chi connectivity index (χ1n) is 11.7. The maximum Gasteiger partial charge on any atom is 0.251 e. The third-order valence-corrected chi connectivity index (χ3v) is 8.16. The summed E-state index contributed by atoms with van der Waals surface area (Å²) in [6.07, 6.45) is 11.2. The van der Waals surface area contributed by atoms with Crippen molar-refractivity contribution in [1.29, 1.82) is 0 Å². The van der Waals surface area contributed by atoms with Gasteiger partial charge in [-0.05, 0) is 67.1 Å². The van der Waals surface area contributed by atoms with Crippen LogP contribution in [0.15, 0.2) is 36.4 Å². The van der Waals surface area contributed by atoms with Crippen LogP contribution >= 0.6 is 0 Å². The lowest BCUT2D eigenvalue weighted by Crippen LogP contribution is -2.42. The molecule has 4 atom stereocenters. The van der Waals surface area contributed by atoms with E-state index in [4.69, 9.17) is 4.74 Å². The lowest BCUT2D eigenvalue weighted by atomic mass is 9.80. The van der Waals surface area contributed by atoms with E-state index in [1.165, 1.54) is 12.8 Å². The number of rotatable bonds is 6. The van der Waals surface area contributed by atoms with Crippen molar-refractivity contribution in [3.63, 3.8) is 0 Å². The zero-order chi connectivity index (χ0) is 20.3. The molecule has 1 heterocycles. The first-order valence-corrected chi connectivity index (χ1v) is 11.7. The van der Waals surface area contributed by atoms with Crippen molar-refractivity contribution >= 4 is 11.8 Å². The standard InChI is InChI=1S/C25H30N2O3/c28-23(26-15-18-12-19-6-9-25(19)14-22(18)25)17-2-1-3-21(13-17)30-20-7-10-27(11-8-20)24(29)16-4-5-16/h1-3,6,9,13,16,18-20,22H,4-5,7-8,10-12,14-15H2,(H,26,28). The fourth-order valence-electron chi connectivity index (χ4n) is 6.05. The third-order valence-electron chi connectivity index (χ3n) is 8.16. The van der Waals surface area contributed by atoms with Gasteiger partial charge in [0.15, 0.2) is 0 Å². The molecule has 1 N–H and O–H groups in total. The van der Waals surface area contributed by atoms with Crippen molar-refractivity contribution < 1.29 is 14.3 Å². The van der Waals surface area contributed by atoms with E-state index in [0.717, 1.165) is 62.9 Å². The highest BCUT2D eigenvalue weighted by atomic mass is 16.5. The van der Waals surface area contributed by atoms with Gasteiger partial charge in [0.25, 0.3) is 5.91 Å². The molecule has 1 saturated heterocycles. The summed E-state index contributed by atoms with van der Waals surface area (Å²) in [6, 6.07) is 7.53. The Balaban J connectivity index is 1.00. The Labute approximate surface area is 177 Å². The molecule has 5 aliphatic rings. The van der Waals surface area contributed by atoms with Gasteiger partial charge in [-0.25, -0.2) is 0 Å². The number of carbonyl (C=O) groups excluding carboxylic acids is 2. The van der Waals surface area contributed by atoms with E-state index in [1.54, 1.807) is 0 Å². The van der Waals surface area contributed by atoms with Crippen LogP contribution in [0.2, 0.25) is 0 Å². The highest BCUT2D eigenvalue weighted by Crippen LogP contribution is 2.74. The van der Waals surface area contributed by atoms with Crippen LogP contribution in [0.3, 0.4) is 0 Å². The maximum atomic E-state index is 12.7. The minimum atomic E-state index is -0.00722. The Hall–Kier alpha value is -2.30. The number of nitrogens with one attached hydrogen (secondary N) is 1. The van der Waals surface area contributed by atoms with E-state index in [2.05, 4.69) is 17.5 Å².